The van der Waals surface area contributed by atoms with E-state index in [0.717, 1.165) is 0 Å². The van der Waals surface area contributed by atoms with E-state index in [9.17, 15) is 18.0 Å². The maximum Gasteiger partial charge on any atom is 0.408 e. The van der Waals surface area contributed by atoms with E-state index in [0.29, 0.717) is 16.9 Å². The Morgan fingerprint density at radius 2 is 1.69 bits per heavy atom. The van der Waals surface area contributed by atoms with Crippen molar-refractivity contribution in [3.63, 3.8) is 0 Å². The molecule has 8 heteroatoms. The molecule has 2 aromatic carbocycles. The minimum absolute atomic E-state index is 0.0821. The van der Waals surface area contributed by atoms with E-state index in [1.807, 2.05) is 0 Å². The molecule has 2 aromatic rings. The maximum absolute atomic E-state index is 13.3. The Kier molecular flexibility index (Phi) is 5.49. The Hall–Kier alpha value is -2.38. The first-order valence-corrected chi connectivity index (χ1v) is 11.0. The number of hydrogen-bond acceptors (Lipinski definition) is 5. The molecule has 29 heavy (non-hydrogen) atoms. The van der Waals surface area contributed by atoms with Gasteiger partial charge in [0.05, 0.1) is 4.90 Å². The van der Waals surface area contributed by atoms with Gasteiger partial charge in [-0.15, -0.1) is 0 Å². The van der Waals surface area contributed by atoms with E-state index < -0.39 is 38.2 Å². The number of alkyl carbamates (subject to hydrolysis) is 1. The summed E-state index contributed by atoms with van der Waals surface area (Å²) in [5, 5.41) is 1.84. The van der Waals surface area contributed by atoms with Gasteiger partial charge in [-0.3, -0.25) is 0 Å². The van der Waals surface area contributed by atoms with Crippen molar-refractivity contribution in [2.45, 2.75) is 48.0 Å². The van der Waals surface area contributed by atoms with Gasteiger partial charge in [-0.1, -0.05) is 41.9 Å². The second-order valence-electron chi connectivity index (χ2n) is 7.99. The van der Waals surface area contributed by atoms with Crippen molar-refractivity contribution in [3.8, 4) is 0 Å². The van der Waals surface area contributed by atoms with E-state index in [1.165, 1.54) is 12.1 Å². The topological polar surface area (TPSA) is 89.5 Å². The molecule has 1 aliphatic rings. The number of benzene rings is 2. The quantitative estimate of drug-likeness (QED) is 0.722. The molecule has 0 heterocycles. The number of aldehydes is 1. The summed E-state index contributed by atoms with van der Waals surface area (Å²) in [4.78, 5) is 24.7. The van der Waals surface area contributed by atoms with E-state index in [2.05, 4.69) is 5.32 Å². The number of ether oxygens (including phenoxy) is 1. The molecule has 6 nitrogen and oxygen atoms in total. The number of carbonyl (C=O) groups excluding carboxylic acids is 2. The molecule has 0 aromatic heterocycles. The molecular formula is C21H22ClNO5S. The number of nitrogens with one attached hydrogen (secondary N) is 1. The van der Waals surface area contributed by atoms with Gasteiger partial charge in [-0.25, -0.2) is 13.2 Å². The zero-order valence-electron chi connectivity index (χ0n) is 16.3. The number of halogens is 1. The van der Waals surface area contributed by atoms with Crippen molar-refractivity contribution < 1.29 is 22.7 Å². The molecule has 0 aliphatic heterocycles. The monoisotopic (exact) mass is 435 g/mol. The second kappa shape index (κ2) is 7.46. The van der Waals surface area contributed by atoms with Crippen LogP contribution in [0.5, 0.6) is 0 Å². The van der Waals surface area contributed by atoms with Crippen LogP contribution in [0, 0.1) is 0 Å². The molecule has 0 spiro atoms. The van der Waals surface area contributed by atoms with Crippen LogP contribution in [-0.4, -0.2) is 37.2 Å². The van der Waals surface area contributed by atoms with Gasteiger partial charge < -0.3 is 14.8 Å². The van der Waals surface area contributed by atoms with Crippen molar-refractivity contribution in [2.24, 2.45) is 0 Å². The lowest BCUT2D eigenvalue weighted by molar-refractivity contribution is -0.110. The van der Waals surface area contributed by atoms with Crippen molar-refractivity contribution in [2.75, 3.05) is 0 Å². The molecule has 1 fully saturated rings. The summed E-state index contributed by atoms with van der Waals surface area (Å²) in [6.45, 7) is 5.05. The fourth-order valence-corrected chi connectivity index (χ4v) is 5.88. The smallest absolute Gasteiger partial charge is 0.408 e. The third-order valence-corrected chi connectivity index (χ3v) is 7.24. The summed E-state index contributed by atoms with van der Waals surface area (Å²) in [7, 11) is -3.92. The Morgan fingerprint density at radius 1 is 1.10 bits per heavy atom. The summed E-state index contributed by atoms with van der Waals surface area (Å²) in [6.07, 6.45) is -0.365. The minimum atomic E-state index is -3.92. The zero-order valence-corrected chi connectivity index (χ0v) is 17.8. The van der Waals surface area contributed by atoms with Gasteiger partial charge in [-0.05, 0) is 50.6 Å². The largest absolute Gasteiger partial charge is 0.444 e. The van der Waals surface area contributed by atoms with Crippen LogP contribution in [0.2, 0.25) is 5.02 Å². The van der Waals surface area contributed by atoms with Crippen LogP contribution in [0.25, 0.3) is 0 Å². The Morgan fingerprint density at radius 3 is 2.21 bits per heavy atom. The number of hydrogen-bond donors (Lipinski definition) is 1. The fourth-order valence-electron chi connectivity index (χ4n) is 3.49. The van der Waals surface area contributed by atoms with Crippen LogP contribution in [-0.2, 0) is 19.4 Å². The number of carbonyl (C=O) groups is 2. The fraction of sp³-hybridized carbons (Fsp3) is 0.333. The Bertz CT molecular complexity index is 1020. The molecule has 0 saturated heterocycles. The van der Waals surface area contributed by atoms with Crippen LogP contribution < -0.4 is 5.32 Å². The summed E-state index contributed by atoms with van der Waals surface area (Å²) < 4.78 is 31.9. The highest BCUT2D eigenvalue weighted by Gasteiger charge is 2.73. The third-order valence-electron chi connectivity index (χ3n) is 4.73. The molecule has 3 atom stereocenters. The van der Waals surface area contributed by atoms with E-state index in [-0.39, 0.29) is 4.90 Å². The number of amides is 1. The van der Waals surface area contributed by atoms with Crippen LogP contribution in [0.3, 0.4) is 0 Å². The lowest BCUT2D eigenvalue weighted by atomic mass is 10.1. The van der Waals surface area contributed by atoms with Gasteiger partial charge in [0.15, 0.2) is 9.84 Å². The lowest BCUT2D eigenvalue weighted by Gasteiger charge is -2.22. The highest BCUT2D eigenvalue weighted by Crippen LogP contribution is 2.56. The average molecular weight is 436 g/mol. The van der Waals surface area contributed by atoms with E-state index in [1.54, 1.807) is 63.2 Å². The standard InChI is InChI=1S/C21H22ClNO5S/c1-20(2,3)28-19(25)23-21(13-24)17(14-9-11-15(22)12-10-14)18(21)29(26,27)16-7-5-4-6-8-16/h4-13,17-18H,1-3H3,(H,23,25)/t17-,18-,21+/m0/s1. The second-order valence-corrected chi connectivity index (χ2v) is 10.5. The predicted octanol–water partition coefficient (Wildman–Crippen LogP) is 3.74. The van der Waals surface area contributed by atoms with Gasteiger partial charge in [0.2, 0.25) is 0 Å². The lowest BCUT2D eigenvalue weighted by Crippen LogP contribution is -2.45. The van der Waals surface area contributed by atoms with Gasteiger partial charge in [0.1, 0.15) is 22.7 Å². The van der Waals surface area contributed by atoms with Crippen molar-refractivity contribution >= 4 is 33.8 Å². The van der Waals surface area contributed by atoms with Crippen LogP contribution in [0.15, 0.2) is 59.5 Å². The molecule has 0 radical (unpaired) electrons. The third kappa shape index (κ3) is 4.16. The zero-order chi connectivity index (χ0) is 21.4. The minimum Gasteiger partial charge on any atom is -0.444 e. The molecule has 1 amide bonds. The van der Waals surface area contributed by atoms with E-state index >= 15 is 0 Å². The number of sulfone groups is 1. The van der Waals surface area contributed by atoms with Gasteiger partial charge >= 0.3 is 6.09 Å². The van der Waals surface area contributed by atoms with Crippen LogP contribution in [0.4, 0.5) is 4.79 Å². The molecule has 154 valence electrons. The highest BCUT2D eigenvalue weighted by atomic mass is 35.5. The molecule has 3 rings (SSSR count). The summed E-state index contributed by atoms with van der Waals surface area (Å²) >= 11 is 5.94. The maximum atomic E-state index is 13.3. The molecule has 1 saturated carbocycles. The summed E-state index contributed by atoms with van der Waals surface area (Å²) in [5.74, 6) is -0.769. The molecule has 1 aliphatic carbocycles. The van der Waals surface area contributed by atoms with Gasteiger partial charge in [-0.2, -0.15) is 0 Å². The van der Waals surface area contributed by atoms with Crippen molar-refractivity contribution in [1.29, 1.82) is 0 Å². The van der Waals surface area contributed by atoms with Crippen molar-refractivity contribution in [1.82, 2.24) is 5.32 Å². The normalized spacial score (nSPS) is 23.9. The molecule has 0 bridgehead atoms. The first-order valence-electron chi connectivity index (χ1n) is 9.03. The first kappa shape index (κ1) is 21.3. The molecule has 0 unspecified atom stereocenters. The highest BCUT2D eigenvalue weighted by molar-refractivity contribution is 7.92. The SMILES string of the molecule is CC(C)(C)OC(=O)N[C@]1(C=O)[C@@H](c2ccc(Cl)cc2)[C@@H]1S(=O)(=O)c1ccccc1. The van der Waals surface area contributed by atoms with Gasteiger partial charge in [0.25, 0.3) is 0 Å². The van der Waals surface area contributed by atoms with Crippen molar-refractivity contribution in [3.05, 3.63) is 65.2 Å². The average Bonchev–Trinajstić information content (AvgIpc) is 3.31. The van der Waals surface area contributed by atoms with E-state index in [4.69, 9.17) is 16.3 Å². The van der Waals surface area contributed by atoms with Crippen LogP contribution >= 0.6 is 11.6 Å². The molecular weight excluding hydrogens is 414 g/mol. The molecule has 1 N–H and O–H groups in total. The Balaban J connectivity index is 2.04. The first-order chi connectivity index (χ1) is 13.5. The van der Waals surface area contributed by atoms with Gasteiger partial charge in [0, 0.05) is 10.9 Å². The predicted molar refractivity (Wildman–Crippen MR) is 110 cm³/mol. The number of rotatable bonds is 5. The summed E-state index contributed by atoms with van der Waals surface area (Å²) in [5.41, 5.74) is -1.85. The Labute approximate surface area is 175 Å². The van der Waals surface area contributed by atoms with Crippen LogP contribution in [0.1, 0.15) is 32.3 Å². The summed E-state index contributed by atoms with van der Waals surface area (Å²) in [6, 6.07) is 14.4.